The Hall–Kier alpha value is -1.55. The second-order valence-corrected chi connectivity index (χ2v) is 7.88. The molecule has 2 N–H and O–H groups in total. The number of amides is 2. The first-order chi connectivity index (χ1) is 10.6. The molecular weight excluding hydrogens is 312 g/mol. The van der Waals surface area contributed by atoms with Crippen LogP contribution in [0.1, 0.15) is 51.4 Å². The summed E-state index contributed by atoms with van der Waals surface area (Å²) in [5.74, 6) is -0.111. The van der Waals surface area contributed by atoms with Crippen molar-refractivity contribution < 1.29 is 9.59 Å². The van der Waals surface area contributed by atoms with E-state index >= 15 is 0 Å². The fraction of sp³-hybridized carbons (Fsp3) is 0.556. The van der Waals surface area contributed by atoms with Gasteiger partial charge in [0.2, 0.25) is 5.91 Å². The molecule has 2 amide bonds. The lowest BCUT2D eigenvalue weighted by Crippen LogP contribution is -2.49. The third-order valence-corrected chi connectivity index (χ3v) is 3.48. The van der Waals surface area contributed by atoms with Crippen molar-refractivity contribution in [2.45, 2.75) is 47.1 Å². The fourth-order valence-corrected chi connectivity index (χ4v) is 2.15. The van der Waals surface area contributed by atoms with Crippen molar-refractivity contribution in [3.8, 4) is 0 Å². The van der Waals surface area contributed by atoms with Crippen molar-refractivity contribution in [1.82, 2.24) is 10.6 Å². The van der Waals surface area contributed by atoms with E-state index in [4.69, 9.17) is 11.6 Å². The van der Waals surface area contributed by atoms with E-state index in [9.17, 15) is 9.59 Å². The maximum atomic E-state index is 12.4. The fourth-order valence-electron chi connectivity index (χ4n) is 2.02. The molecule has 0 aromatic heterocycles. The minimum absolute atomic E-state index is 0.00176. The summed E-state index contributed by atoms with van der Waals surface area (Å²) in [5, 5.41) is 6.32. The first kappa shape index (κ1) is 19.5. The van der Waals surface area contributed by atoms with Crippen LogP contribution in [-0.4, -0.2) is 24.4 Å². The zero-order valence-electron chi connectivity index (χ0n) is 14.6. The molecule has 1 aromatic rings. The third kappa shape index (κ3) is 7.51. The lowest BCUT2D eigenvalue weighted by molar-refractivity contribution is -0.123. The lowest BCUT2D eigenvalue weighted by Gasteiger charge is -2.24. The molecule has 0 aliphatic carbocycles. The van der Waals surface area contributed by atoms with E-state index in [0.29, 0.717) is 29.5 Å². The van der Waals surface area contributed by atoms with Crippen LogP contribution >= 0.6 is 11.6 Å². The number of benzene rings is 1. The van der Waals surface area contributed by atoms with Crippen molar-refractivity contribution in [2.24, 2.45) is 11.3 Å². The van der Waals surface area contributed by atoms with Crippen molar-refractivity contribution in [1.29, 1.82) is 0 Å². The second kappa shape index (κ2) is 8.34. The Bertz CT molecular complexity index is 533. The predicted octanol–water partition coefficient (Wildman–Crippen LogP) is 3.65. The van der Waals surface area contributed by atoms with Gasteiger partial charge in [-0.3, -0.25) is 9.59 Å². The Labute approximate surface area is 144 Å². The molecule has 0 bridgehead atoms. The molecule has 1 atom stereocenters. The average molecular weight is 339 g/mol. The van der Waals surface area contributed by atoms with E-state index in [1.54, 1.807) is 24.3 Å². The topological polar surface area (TPSA) is 58.2 Å². The predicted molar refractivity (Wildman–Crippen MR) is 94.6 cm³/mol. The number of carbonyl (C=O) groups excluding carboxylic acids is 2. The highest BCUT2D eigenvalue weighted by molar-refractivity contribution is 6.30. The molecule has 0 aliphatic rings. The molecular formula is C18H27ClN2O2. The molecule has 5 heteroatoms. The van der Waals surface area contributed by atoms with Gasteiger partial charge >= 0.3 is 0 Å². The zero-order chi connectivity index (χ0) is 17.6. The summed E-state index contributed by atoms with van der Waals surface area (Å²) in [7, 11) is 0. The average Bonchev–Trinajstić information content (AvgIpc) is 2.43. The maximum Gasteiger partial charge on any atom is 0.251 e. The highest BCUT2D eigenvalue weighted by Gasteiger charge is 2.23. The third-order valence-electron chi connectivity index (χ3n) is 3.23. The summed E-state index contributed by atoms with van der Waals surface area (Å²) in [6.07, 6.45) is 0.593. The smallest absolute Gasteiger partial charge is 0.251 e. The van der Waals surface area contributed by atoms with Gasteiger partial charge in [-0.15, -0.1) is 0 Å². The Morgan fingerprint density at radius 3 is 2.17 bits per heavy atom. The van der Waals surface area contributed by atoms with Crippen LogP contribution < -0.4 is 10.6 Å². The van der Waals surface area contributed by atoms with Gasteiger partial charge in [-0.2, -0.15) is 0 Å². The molecule has 0 saturated heterocycles. The van der Waals surface area contributed by atoms with E-state index in [0.717, 1.165) is 0 Å². The first-order valence-corrected chi connectivity index (χ1v) is 8.30. The molecule has 1 aromatic carbocycles. The second-order valence-electron chi connectivity index (χ2n) is 7.44. The molecule has 0 saturated carbocycles. The molecule has 1 unspecified atom stereocenters. The van der Waals surface area contributed by atoms with Crippen LogP contribution in [0.2, 0.25) is 5.02 Å². The zero-order valence-corrected chi connectivity index (χ0v) is 15.3. The molecule has 0 aliphatic heterocycles. The number of hydrogen-bond donors (Lipinski definition) is 2. The number of rotatable bonds is 6. The van der Waals surface area contributed by atoms with Gasteiger partial charge in [-0.05, 0) is 42.0 Å². The van der Waals surface area contributed by atoms with Gasteiger partial charge in [0, 0.05) is 17.1 Å². The van der Waals surface area contributed by atoms with Crippen LogP contribution in [0.15, 0.2) is 24.3 Å². The van der Waals surface area contributed by atoms with Gasteiger partial charge in [0.1, 0.15) is 6.04 Å². The number of hydrogen-bond acceptors (Lipinski definition) is 2. The summed E-state index contributed by atoms with van der Waals surface area (Å²) in [6, 6.07) is 6.08. The Kier molecular flexibility index (Phi) is 7.07. The monoisotopic (exact) mass is 338 g/mol. The Morgan fingerprint density at radius 1 is 1.13 bits per heavy atom. The largest absolute Gasteiger partial charge is 0.354 e. The van der Waals surface area contributed by atoms with Crippen molar-refractivity contribution in [2.75, 3.05) is 6.54 Å². The molecule has 23 heavy (non-hydrogen) atoms. The molecule has 0 fully saturated rings. The summed E-state index contributed by atoms with van der Waals surface area (Å²) in [4.78, 5) is 24.7. The Morgan fingerprint density at radius 2 is 1.70 bits per heavy atom. The van der Waals surface area contributed by atoms with E-state index < -0.39 is 6.04 Å². The standard InChI is InChI=1S/C18H27ClN2O2/c1-12(2)10-15(17(23)20-11-18(3,4)5)21-16(22)13-6-8-14(19)9-7-13/h6-9,12,15H,10-11H2,1-5H3,(H,20,23)(H,21,22). The SMILES string of the molecule is CC(C)CC(NC(=O)c1ccc(Cl)cc1)C(=O)NCC(C)(C)C. The summed E-state index contributed by atoms with van der Waals surface area (Å²) in [5.41, 5.74) is 0.491. The molecule has 128 valence electrons. The van der Waals surface area contributed by atoms with Gasteiger partial charge in [0.25, 0.3) is 5.91 Å². The van der Waals surface area contributed by atoms with Crippen LogP contribution in [0, 0.1) is 11.3 Å². The van der Waals surface area contributed by atoms with E-state index in [1.165, 1.54) is 0 Å². The molecule has 4 nitrogen and oxygen atoms in total. The summed E-state index contributed by atoms with van der Waals surface area (Å²) >= 11 is 5.83. The van der Waals surface area contributed by atoms with Crippen LogP contribution in [0.3, 0.4) is 0 Å². The van der Waals surface area contributed by atoms with Crippen LogP contribution in [0.4, 0.5) is 0 Å². The van der Waals surface area contributed by atoms with Gasteiger partial charge in [-0.25, -0.2) is 0 Å². The molecule has 1 rings (SSSR count). The Balaban J connectivity index is 2.75. The molecule has 0 radical (unpaired) electrons. The van der Waals surface area contributed by atoms with Gasteiger partial charge in [-0.1, -0.05) is 46.2 Å². The molecule has 0 spiro atoms. The number of halogens is 1. The summed E-state index contributed by atoms with van der Waals surface area (Å²) in [6.45, 7) is 10.8. The van der Waals surface area contributed by atoms with Crippen molar-refractivity contribution in [3.63, 3.8) is 0 Å². The van der Waals surface area contributed by atoms with Gasteiger partial charge < -0.3 is 10.6 Å². The quantitative estimate of drug-likeness (QED) is 0.831. The van der Waals surface area contributed by atoms with E-state index in [2.05, 4.69) is 31.4 Å². The van der Waals surface area contributed by atoms with Crippen LogP contribution in [0.25, 0.3) is 0 Å². The van der Waals surface area contributed by atoms with Gasteiger partial charge in [0.15, 0.2) is 0 Å². The maximum absolute atomic E-state index is 12.4. The number of carbonyl (C=O) groups is 2. The minimum Gasteiger partial charge on any atom is -0.354 e. The highest BCUT2D eigenvalue weighted by atomic mass is 35.5. The lowest BCUT2D eigenvalue weighted by atomic mass is 9.96. The van der Waals surface area contributed by atoms with E-state index in [1.807, 2.05) is 13.8 Å². The minimum atomic E-state index is -0.541. The van der Waals surface area contributed by atoms with E-state index in [-0.39, 0.29) is 17.2 Å². The van der Waals surface area contributed by atoms with Crippen LogP contribution in [0.5, 0.6) is 0 Å². The normalized spacial score (nSPS) is 12.8. The summed E-state index contributed by atoms with van der Waals surface area (Å²) < 4.78 is 0. The van der Waals surface area contributed by atoms with Crippen molar-refractivity contribution in [3.05, 3.63) is 34.9 Å². The first-order valence-electron chi connectivity index (χ1n) is 7.92. The number of nitrogens with one attached hydrogen (secondary N) is 2. The highest BCUT2D eigenvalue weighted by Crippen LogP contribution is 2.13. The van der Waals surface area contributed by atoms with Crippen molar-refractivity contribution >= 4 is 23.4 Å². The van der Waals surface area contributed by atoms with Gasteiger partial charge in [0.05, 0.1) is 0 Å². The molecule has 0 heterocycles. The van der Waals surface area contributed by atoms with Crippen LogP contribution in [-0.2, 0) is 4.79 Å².